The molecule has 1 nitrogen and oxygen atoms in total. The molecule has 0 saturated heterocycles. The largest absolute Gasteiger partial charge is 0.375 e. The molecule has 16 heavy (non-hydrogen) atoms. The van der Waals surface area contributed by atoms with Crippen molar-refractivity contribution in [2.75, 3.05) is 0 Å². The van der Waals surface area contributed by atoms with Crippen LogP contribution in [0.5, 0.6) is 0 Å². The maximum absolute atomic E-state index is 6.22. The van der Waals surface area contributed by atoms with E-state index < -0.39 is 0 Å². The van der Waals surface area contributed by atoms with Gasteiger partial charge in [-0.15, -0.1) is 0 Å². The van der Waals surface area contributed by atoms with Gasteiger partial charge in [-0.1, -0.05) is 48.5 Å². The third-order valence-corrected chi connectivity index (χ3v) is 5.98. The van der Waals surface area contributed by atoms with Crippen molar-refractivity contribution in [1.29, 1.82) is 0 Å². The molecule has 0 N–H and O–H groups in total. The van der Waals surface area contributed by atoms with E-state index in [4.69, 9.17) is 4.74 Å². The molecule has 3 atom stereocenters. The van der Waals surface area contributed by atoms with Crippen molar-refractivity contribution in [3.8, 4) is 0 Å². The Bertz CT molecular complexity index is 221. The lowest BCUT2D eigenvalue weighted by molar-refractivity contribution is -0.138. The third-order valence-electron chi connectivity index (χ3n) is 4.69. The van der Waals surface area contributed by atoms with E-state index in [-0.39, 0.29) is 0 Å². The Morgan fingerprint density at radius 2 is 1.88 bits per heavy atom. The minimum absolute atomic E-state index is 0.435. The van der Waals surface area contributed by atoms with E-state index in [1.807, 2.05) is 0 Å². The predicted octanol–water partition coefficient (Wildman–Crippen LogP) is 4.68. The molecule has 94 valence electrons. The Morgan fingerprint density at radius 3 is 2.38 bits per heavy atom. The molecule has 0 aliphatic heterocycles. The molecule has 0 bridgehead atoms. The van der Waals surface area contributed by atoms with Crippen molar-refractivity contribution in [1.82, 2.24) is 0 Å². The molecule has 2 heteroatoms. The fourth-order valence-corrected chi connectivity index (χ4v) is 4.38. The summed E-state index contributed by atoms with van der Waals surface area (Å²) in [6, 6.07) is 0. The second-order valence-electron chi connectivity index (χ2n) is 5.69. The van der Waals surface area contributed by atoms with Crippen molar-refractivity contribution in [2.45, 2.75) is 82.2 Å². The molecule has 2 saturated carbocycles. The molecule has 0 heterocycles. The SMILES string of the molecule is CCC(C)OC1CC(Br)C12CCCCCC2. The Hall–Kier alpha value is 0.440. The first-order valence-electron chi connectivity index (χ1n) is 6.98. The molecule has 0 aromatic carbocycles. The van der Waals surface area contributed by atoms with Crippen LogP contribution in [0.25, 0.3) is 0 Å². The molecule has 0 aromatic rings. The monoisotopic (exact) mass is 288 g/mol. The molecular weight excluding hydrogens is 264 g/mol. The maximum Gasteiger partial charge on any atom is 0.0656 e. The number of hydrogen-bond donors (Lipinski definition) is 0. The van der Waals surface area contributed by atoms with Crippen molar-refractivity contribution in [3.05, 3.63) is 0 Å². The molecule has 3 unspecified atom stereocenters. The van der Waals surface area contributed by atoms with Gasteiger partial charge in [0.2, 0.25) is 0 Å². The summed E-state index contributed by atoms with van der Waals surface area (Å²) in [6.07, 6.45) is 11.8. The third kappa shape index (κ3) is 2.33. The Balaban J connectivity index is 1.98. The van der Waals surface area contributed by atoms with Gasteiger partial charge < -0.3 is 4.74 Å². The molecule has 2 rings (SSSR count). The van der Waals surface area contributed by atoms with Gasteiger partial charge in [0.15, 0.2) is 0 Å². The first-order chi connectivity index (χ1) is 7.69. The van der Waals surface area contributed by atoms with Crippen molar-refractivity contribution in [2.24, 2.45) is 5.41 Å². The zero-order valence-corrected chi connectivity index (χ0v) is 12.3. The lowest BCUT2D eigenvalue weighted by Crippen LogP contribution is -2.56. The highest BCUT2D eigenvalue weighted by Gasteiger charge is 2.54. The quantitative estimate of drug-likeness (QED) is 0.686. The van der Waals surface area contributed by atoms with Gasteiger partial charge in [-0.05, 0) is 32.6 Å². The number of alkyl halides is 1. The second-order valence-corrected chi connectivity index (χ2v) is 6.80. The van der Waals surface area contributed by atoms with Gasteiger partial charge >= 0.3 is 0 Å². The van der Waals surface area contributed by atoms with Crippen molar-refractivity contribution < 1.29 is 4.74 Å². The fourth-order valence-electron chi connectivity index (χ4n) is 3.29. The van der Waals surface area contributed by atoms with E-state index >= 15 is 0 Å². The minimum atomic E-state index is 0.435. The molecule has 0 amide bonds. The molecule has 0 radical (unpaired) electrons. The van der Waals surface area contributed by atoms with E-state index in [1.54, 1.807) is 0 Å². The molecule has 1 spiro atoms. The van der Waals surface area contributed by atoms with Crippen LogP contribution in [0.1, 0.15) is 65.2 Å². The predicted molar refractivity (Wildman–Crippen MR) is 72.1 cm³/mol. The Kier molecular flexibility index (Phi) is 4.34. The summed E-state index contributed by atoms with van der Waals surface area (Å²) in [6.45, 7) is 4.43. The highest BCUT2D eigenvalue weighted by Crippen LogP contribution is 2.56. The second kappa shape index (κ2) is 5.39. The van der Waals surface area contributed by atoms with Crippen LogP contribution in [0.2, 0.25) is 0 Å². The Morgan fingerprint density at radius 1 is 1.25 bits per heavy atom. The van der Waals surface area contributed by atoms with Crippen LogP contribution in [0, 0.1) is 5.41 Å². The lowest BCUT2D eigenvalue weighted by atomic mass is 9.61. The fraction of sp³-hybridized carbons (Fsp3) is 1.00. The van der Waals surface area contributed by atoms with E-state index in [0.717, 1.165) is 6.42 Å². The number of ether oxygens (including phenoxy) is 1. The van der Waals surface area contributed by atoms with Crippen LogP contribution >= 0.6 is 15.9 Å². The number of rotatable bonds is 3. The van der Waals surface area contributed by atoms with Crippen LogP contribution in [-0.4, -0.2) is 17.0 Å². The average molecular weight is 289 g/mol. The van der Waals surface area contributed by atoms with Crippen LogP contribution < -0.4 is 0 Å². The summed E-state index contributed by atoms with van der Waals surface area (Å²) < 4.78 is 6.22. The number of halogens is 1. The van der Waals surface area contributed by atoms with Gasteiger partial charge in [0.1, 0.15) is 0 Å². The van der Waals surface area contributed by atoms with E-state index in [1.165, 1.54) is 44.9 Å². The standard InChI is InChI=1S/C14H25BrO/c1-3-11(2)16-13-10-12(15)14(13)8-6-4-5-7-9-14/h11-13H,3-10H2,1-2H3. The highest BCUT2D eigenvalue weighted by atomic mass is 79.9. The van der Waals surface area contributed by atoms with Gasteiger partial charge in [0.05, 0.1) is 12.2 Å². The number of hydrogen-bond acceptors (Lipinski definition) is 1. The van der Waals surface area contributed by atoms with Crippen molar-refractivity contribution in [3.63, 3.8) is 0 Å². The summed E-state index contributed by atoms with van der Waals surface area (Å²) in [5, 5.41) is 0. The molecule has 0 aromatic heterocycles. The Labute approximate surface area is 108 Å². The van der Waals surface area contributed by atoms with Gasteiger partial charge in [-0.3, -0.25) is 0 Å². The smallest absolute Gasteiger partial charge is 0.0656 e. The van der Waals surface area contributed by atoms with Gasteiger partial charge in [-0.2, -0.15) is 0 Å². The molecular formula is C14H25BrO. The molecule has 2 fully saturated rings. The first kappa shape index (κ1) is 12.9. The van der Waals surface area contributed by atoms with Gasteiger partial charge in [-0.25, -0.2) is 0 Å². The highest BCUT2D eigenvalue weighted by molar-refractivity contribution is 9.09. The van der Waals surface area contributed by atoms with Crippen LogP contribution in [0.3, 0.4) is 0 Å². The summed E-state index contributed by atoms with van der Waals surface area (Å²) in [5.74, 6) is 0. The summed E-state index contributed by atoms with van der Waals surface area (Å²) in [7, 11) is 0. The van der Waals surface area contributed by atoms with Gasteiger partial charge in [0.25, 0.3) is 0 Å². The topological polar surface area (TPSA) is 9.23 Å². The van der Waals surface area contributed by atoms with Crippen LogP contribution in [0.15, 0.2) is 0 Å². The average Bonchev–Trinajstić information content (AvgIpc) is 2.55. The summed E-state index contributed by atoms with van der Waals surface area (Å²) >= 11 is 3.89. The lowest BCUT2D eigenvalue weighted by Gasteiger charge is -2.54. The van der Waals surface area contributed by atoms with Crippen molar-refractivity contribution >= 4 is 15.9 Å². The van der Waals surface area contributed by atoms with E-state index in [2.05, 4.69) is 29.8 Å². The zero-order valence-electron chi connectivity index (χ0n) is 10.7. The first-order valence-corrected chi connectivity index (χ1v) is 7.90. The summed E-state index contributed by atoms with van der Waals surface area (Å²) in [5.41, 5.74) is 0.486. The normalized spacial score (nSPS) is 35.4. The maximum atomic E-state index is 6.22. The molecule has 2 aliphatic rings. The summed E-state index contributed by atoms with van der Waals surface area (Å²) in [4.78, 5) is 0.715. The molecule has 2 aliphatic carbocycles. The van der Waals surface area contributed by atoms with Crippen LogP contribution in [-0.2, 0) is 4.74 Å². The van der Waals surface area contributed by atoms with E-state index in [0.29, 0.717) is 22.5 Å². The minimum Gasteiger partial charge on any atom is -0.375 e. The van der Waals surface area contributed by atoms with Crippen LogP contribution in [0.4, 0.5) is 0 Å². The van der Waals surface area contributed by atoms with Gasteiger partial charge in [0, 0.05) is 10.2 Å². The zero-order chi connectivity index (χ0) is 11.6. The van der Waals surface area contributed by atoms with E-state index in [9.17, 15) is 0 Å².